The maximum atomic E-state index is 6.00. The molecule has 1 atom stereocenters. The van der Waals surface area contributed by atoms with Gasteiger partial charge in [0.15, 0.2) is 0 Å². The molecule has 19 heavy (non-hydrogen) atoms. The van der Waals surface area contributed by atoms with Crippen LogP contribution in [0.4, 0.5) is 5.82 Å². The van der Waals surface area contributed by atoms with Crippen LogP contribution >= 0.6 is 15.9 Å². The number of hydrogen-bond acceptors (Lipinski definition) is 3. The van der Waals surface area contributed by atoms with Crippen LogP contribution in [0.5, 0.6) is 0 Å². The largest absolute Gasteiger partial charge is 0.355 e. The maximum Gasteiger partial charge on any atom is 0.133 e. The Bertz CT molecular complexity index is 555. The van der Waals surface area contributed by atoms with Crippen molar-refractivity contribution in [3.8, 4) is 0 Å². The van der Waals surface area contributed by atoms with Crippen molar-refractivity contribution in [2.45, 2.75) is 19.5 Å². The Labute approximate surface area is 122 Å². The molecule has 0 aliphatic rings. The molecule has 4 heteroatoms. The second-order valence-electron chi connectivity index (χ2n) is 4.69. The van der Waals surface area contributed by atoms with Gasteiger partial charge < -0.3 is 10.6 Å². The minimum Gasteiger partial charge on any atom is -0.355 e. The number of nitrogens with two attached hydrogens (primary N) is 1. The summed E-state index contributed by atoms with van der Waals surface area (Å²) in [6.45, 7) is 2.78. The van der Waals surface area contributed by atoms with E-state index in [1.165, 1.54) is 5.56 Å². The third-order valence-electron chi connectivity index (χ3n) is 2.98. The molecule has 2 rings (SSSR count). The van der Waals surface area contributed by atoms with E-state index in [0.717, 1.165) is 22.4 Å². The van der Waals surface area contributed by atoms with E-state index in [9.17, 15) is 0 Å². The molecule has 0 aliphatic heterocycles. The van der Waals surface area contributed by atoms with Crippen LogP contribution in [0.15, 0.2) is 47.1 Å². The van der Waals surface area contributed by atoms with Gasteiger partial charge in [-0.05, 0) is 30.7 Å². The fourth-order valence-corrected chi connectivity index (χ4v) is 2.51. The molecule has 1 heterocycles. The van der Waals surface area contributed by atoms with E-state index in [1.807, 2.05) is 38.2 Å². The summed E-state index contributed by atoms with van der Waals surface area (Å²) in [5, 5.41) is 0. The average molecular weight is 320 g/mol. The van der Waals surface area contributed by atoms with Crippen LogP contribution < -0.4 is 10.6 Å². The Morgan fingerprint density at radius 3 is 2.79 bits per heavy atom. The van der Waals surface area contributed by atoms with Crippen molar-refractivity contribution in [2.24, 2.45) is 5.73 Å². The standard InChI is InChI=1S/C15H18BrN3/c1-11(17)14-7-4-8-18-15(14)19(2)10-12-5-3-6-13(16)9-12/h3-9,11H,10,17H2,1-2H3/t11-/m1/s1. The van der Waals surface area contributed by atoms with E-state index in [0.29, 0.717) is 0 Å². The van der Waals surface area contributed by atoms with Crippen molar-refractivity contribution in [1.82, 2.24) is 4.98 Å². The minimum atomic E-state index is -0.0198. The third kappa shape index (κ3) is 3.55. The number of pyridine rings is 1. The highest BCUT2D eigenvalue weighted by Gasteiger charge is 2.12. The van der Waals surface area contributed by atoms with Gasteiger partial charge in [0.2, 0.25) is 0 Å². The summed E-state index contributed by atoms with van der Waals surface area (Å²) in [7, 11) is 2.04. The highest BCUT2D eigenvalue weighted by Crippen LogP contribution is 2.23. The summed E-state index contributed by atoms with van der Waals surface area (Å²) in [5.41, 5.74) is 8.30. The highest BCUT2D eigenvalue weighted by atomic mass is 79.9. The summed E-state index contributed by atoms with van der Waals surface area (Å²) in [4.78, 5) is 6.58. The Morgan fingerprint density at radius 1 is 1.32 bits per heavy atom. The van der Waals surface area contributed by atoms with Crippen LogP contribution in [0.3, 0.4) is 0 Å². The third-order valence-corrected chi connectivity index (χ3v) is 3.47. The van der Waals surface area contributed by atoms with Gasteiger partial charge >= 0.3 is 0 Å². The van der Waals surface area contributed by atoms with E-state index in [-0.39, 0.29) is 6.04 Å². The second-order valence-corrected chi connectivity index (χ2v) is 5.61. The lowest BCUT2D eigenvalue weighted by Crippen LogP contribution is -2.21. The van der Waals surface area contributed by atoms with Crippen LogP contribution in [-0.2, 0) is 6.54 Å². The first kappa shape index (κ1) is 14.0. The molecule has 2 aromatic rings. The van der Waals surface area contributed by atoms with E-state index in [1.54, 1.807) is 6.20 Å². The van der Waals surface area contributed by atoms with Gasteiger partial charge in [0.25, 0.3) is 0 Å². The first-order chi connectivity index (χ1) is 9.08. The molecule has 0 radical (unpaired) electrons. The lowest BCUT2D eigenvalue weighted by atomic mass is 10.1. The van der Waals surface area contributed by atoms with Gasteiger partial charge in [-0.3, -0.25) is 0 Å². The molecule has 0 saturated carbocycles. The number of anilines is 1. The fourth-order valence-electron chi connectivity index (χ4n) is 2.07. The minimum absolute atomic E-state index is 0.0198. The van der Waals surface area contributed by atoms with Crippen molar-refractivity contribution in [2.75, 3.05) is 11.9 Å². The van der Waals surface area contributed by atoms with Gasteiger partial charge in [-0.25, -0.2) is 4.98 Å². The molecular weight excluding hydrogens is 302 g/mol. The number of hydrogen-bond donors (Lipinski definition) is 1. The van der Waals surface area contributed by atoms with Crippen molar-refractivity contribution in [3.05, 3.63) is 58.2 Å². The average Bonchev–Trinajstić information content (AvgIpc) is 2.38. The van der Waals surface area contributed by atoms with E-state index in [4.69, 9.17) is 5.73 Å². The molecule has 0 unspecified atom stereocenters. The van der Waals surface area contributed by atoms with Crippen molar-refractivity contribution in [1.29, 1.82) is 0 Å². The van der Waals surface area contributed by atoms with Gasteiger partial charge in [0, 0.05) is 35.9 Å². The predicted molar refractivity (Wildman–Crippen MR) is 83.1 cm³/mol. The van der Waals surface area contributed by atoms with Crippen LogP contribution in [0.2, 0.25) is 0 Å². The van der Waals surface area contributed by atoms with E-state index >= 15 is 0 Å². The quantitative estimate of drug-likeness (QED) is 0.937. The van der Waals surface area contributed by atoms with Crippen LogP contribution in [-0.4, -0.2) is 12.0 Å². The van der Waals surface area contributed by atoms with Gasteiger partial charge in [-0.1, -0.05) is 34.1 Å². The van der Waals surface area contributed by atoms with Crippen molar-refractivity contribution in [3.63, 3.8) is 0 Å². The molecule has 100 valence electrons. The van der Waals surface area contributed by atoms with Gasteiger partial charge in [0.05, 0.1) is 0 Å². The van der Waals surface area contributed by atoms with E-state index in [2.05, 4.69) is 37.9 Å². The molecule has 0 saturated heterocycles. The zero-order valence-electron chi connectivity index (χ0n) is 11.2. The molecular formula is C15H18BrN3. The lowest BCUT2D eigenvalue weighted by molar-refractivity contribution is 0.788. The summed E-state index contributed by atoms with van der Waals surface area (Å²) in [6.07, 6.45) is 1.80. The van der Waals surface area contributed by atoms with Crippen molar-refractivity contribution < 1.29 is 0 Å². The number of benzene rings is 1. The first-order valence-corrected chi connectivity index (χ1v) is 7.03. The summed E-state index contributed by atoms with van der Waals surface area (Å²) in [6, 6.07) is 12.2. The molecule has 3 nitrogen and oxygen atoms in total. The maximum absolute atomic E-state index is 6.00. The Kier molecular flexibility index (Phi) is 4.56. The van der Waals surface area contributed by atoms with E-state index < -0.39 is 0 Å². The number of halogens is 1. The number of aromatic nitrogens is 1. The monoisotopic (exact) mass is 319 g/mol. The van der Waals surface area contributed by atoms with Gasteiger partial charge in [-0.2, -0.15) is 0 Å². The summed E-state index contributed by atoms with van der Waals surface area (Å²) >= 11 is 3.49. The van der Waals surface area contributed by atoms with Crippen LogP contribution in [0.1, 0.15) is 24.1 Å². The fraction of sp³-hybridized carbons (Fsp3) is 0.267. The molecule has 1 aromatic carbocycles. The second kappa shape index (κ2) is 6.17. The zero-order chi connectivity index (χ0) is 13.8. The lowest BCUT2D eigenvalue weighted by Gasteiger charge is -2.22. The predicted octanol–water partition coefficient (Wildman–Crippen LogP) is 3.50. The molecule has 0 spiro atoms. The Hall–Kier alpha value is -1.39. The summed E-state index contributed by atoms with van der Waals surface area (Å²) in [5.74, 6) is 0.942. The van der Waals surface area contributed by atoms with Crippen molar-refractivity contribution >= 4 is 21.7 Å². The molecule has 0 bridgehead atoms. The first-order valence-electron chi connectivity index (χ1n) is 6.24. The molecule has 1 aromatic heterocycles. The molecule has 0 fully saturated rings. The van der Waals surface area contributed by atoms with Gasteiger partial charge in [0.1, 0.15) is 5.82 Å². The Balaban J connectivity index is 2.23. The summed E-state index contributed by atoms with van der Waals surface area (Å²) < 4.78 is 1.09. The highest BCUT2D eigenvalue weighted by molar-refractivity contribution is 9.10. The SMILES string of the molecule is C[C@@H](N)c1cccnc1N(C)Cc1cccc(Br)c1. The zero-order valence-corrected chi connectivity index (χ0v) is 12.8. The molecule has 2 N–H and O–H groups in total. The number of nitrogens with zero attached hydrogens (tertiary/aromatic N) is 2. The van der Waals surface area contributed by atoms with Crippen LogP contribution in [0, 0.1) is 0 Å². The molecule has 0 amide bonds. The molecule has 0 aliphatic carbocycles. The van der Waals surface area contributed by atoms with Crippen LogP contribution in [0.25, 0.3) is 0 Å². The smallest absolute Gasteiger partial charge is 0.133 e. The number of rotatable bonds is 4. The van der Waals surface area contributed by atoms with Gasteiger partial charge in [-0.15, -0.1) is 0 Å². The topological polar surface area (TPSA) is 42.1 Å². The normalized spacial score (nSPS) is 12.2. The Morgan fingerprint density at radius 2 is 2.11 bits per heavy atom.